The first-order valence-corrected chi connectivity index (χ1v) is 15.4. The molecular formula is C46H30. The van der Waals surface area contributed by atoms with Crippen molar-refractivity contribution in [1.82, 2.24) is 0 Å². The first-order valence-electron chi connectivity index (χ1n) is 15.4. The van der Waals surface area contributed by atoms with Gasteiger partial charge in [0.05, 0.1) is 0 Å². The van der Waals surface area contributed by atoms with Crippen LogP contribution in [0.5, 0.6) is 0 Å². The monoisotopic (exact) mass is 582 g/mol. The molecule has 0 heterocycles. The molecule has 214 valence electrons. The molecule has 0 radical (unpaired) electrons. The van der Waals surface area contributed by atoms with Gasteiger partial charge in [0.25, 0.3) is 0 Å². The Kier molecular flexibility index (Phi) is 8.36. The maximum atomic E-state index is 3.34. The van der Waals surface area contributed by atoms with Crippen LogP contribution >= 0.6 is 0 Å². The van der Waals surface area contributed by atoms with Crippen LogP contribution in [-0.4, -0.2) is 0 Å². The summed E-state index contributed by atoms with van der Waals surface area (Å²) in [6.45, 7) is 0. The maximum absolute atomic E-state index is 3.34. The minimum absolute atomic E-state index is 0.995. The van der Waals surface area contributed by atoms with Crippen molar-refractivity contribution in [3.8, 4) is 68.2 Å². The first kappa shape index (κ1) is 28.4. The van der Waals surface area contributed by atoms with E-state index in [2.05, 4.69) is 194 Å². The fourth-order valence-electron chi connectivity index (χ4n) is 5.45. The lowest BCUT2D eigenvalue weighted by Crippen LogP contribution is -1.84. The van der Waals surface area contributed by atoms with Crippen LogP contribution < -0.4 is 0 Å². The third-order valence-corrected chi connectivity index (χ3v) is 7.96. The quantitative estimate of drug-likeness (QED) is 0.181. The molecule has 0 fully saturated rings. The highest BCUT2D eigenvalue weighted by Gasteiger charge is 2.03. The summed E-state index contributed by atoms with van der Waals surface area (Å²) in [5.74, 6) is 13.3. The van der Waals surface area contributed by atoms with Crippen LogP contribution in [-0.2, 0) is 0 Å². The van der Waals surface area contributed by atoms with Gasteiger partial charge in [0.15, 0.2) is 0 Å². The lowest BCUT2D eigenvalue weighted by atomic mass is 9.98. The summed E-state index contributed by atoms with van der Waals surface area (Å²) in [5, 5.41) is 0. The second-order valence-electron chi connectivity index (χ2n) is 11.1. The van der Waals surface area contributed by atoms with Crippen LogP contribution in [0.4, 0.5) is 0 Å². The fraction of sp³-hybridized carbons (Fsp3) is 0. The second-order valence-corrected chi connectivity index (χ2v) is 11.1. The van der Waals surface area contributed by atoms with E-state index in [1.54, 1.807) is 0 Å². The van der Waals surface area contributed by atoms with Gasteiger partial charge in [0.1, 0.15) is 0 Å². The van der Waals surface area contributed by atoms with E-state index in [1.165, 1.54) is 22.3 Å². The molecule has 0 aliphatic carbocycles. The zero-order chi connectivity index (χ0) is 31.0. The van der Waals surface area contributed by atoms with Crippen molar-refractivity contribution in [2.75, 3.05) is 0 Å². The first-order chi connectivity index (χ1) is 22.8. The summed E-state index contributed by atoms with van der Waals surface area (Å²) in [6, 6.07) is 63.2. The summed E-state index contributed by atoms with van der Waals surface area (Å²) >= 11 is 0. The Morgan fingerprint density at radius 3 is 0.870 bits per heavy atom. The van der Waals surface area contributed by atoms with Gasteiger partial charge in [-0.05, 0) is 93.0 Å². The molecule has 7 rings (SSSR count). The average molecular weight is 583 g/mol. The Labute approximate surface area is 271 Å². The molecular weight excluding hydrogens is 553 g/mol. The van der Waals surface area contributed by atoms with Gasteiger partial charge in [-0.15, -0.1) is 0 Å². The van der Waals surface area contributed by atoms with Gasteiger partial charge in [0.2, 0.25) is 0 Å². The minimum atomic E-state index is 0.995. The Morgan fingerprint density at radius 1 is 0.196 bits per heavy atom. The molecule has 0 atom stereocenters. The molecule has 0 bridgehead atoms. The standard InChI is InChI=1S/C46H30/c1-3-11-39(12-4-1)41-25-21-35(22-26-41)17-19-37-9-7-15-45(33-37)43-29-31-44(32-30-43)46-16-8-10-38(34-46)20-18-36-23-27-42(28-24-36)40-13-5-2-6-14-40/h1-16,21-34H. The van der Waals surface area contributed by atoms with Crippen molar-refractivity contribution in [3.05, 3.63) is 204 Å². The van der Waals surface area contributed by atoms with Gasteiger partial charge in [-0.25, -0.2) is 0 Å². The Balaban J connectivity index is 1.04. The van der Waals surface area contributed by atoms with Gasteiger partial charge in [-0.2, -0.15) is 0 Å². The van der Waals surface area contributed by atoms with E-state index in [0.717, 1.165) is 44.5 Å². The molecule has 0 spiro atoms. The number of benzene rings is 7. The predicted molar refractivity (Wildman–Crippen MR) is 193 cm³/mol. The third kappa shape index (κ3) is 6.90. The molecule has 0 aliphatic rings. The van der Waals surface area contributed by atoms with Gasteiger partial charge >= 0.3 is 0 Å². The molecule has 0 aromatic heterocycles. The van der Waals surface area contributed by atoms with E-state index >= 15 is 0 Å². The smallest absolute Gasteiger partial charge is 0.0255 e. The normalized spacial score (nSPS) is 10.3. The van der Waals surface area contributed by atoms with Crippen LogP contribution in [0.15, 0.2) is 182 Å². The maximum Gasteiger partial charge on any atom is 0.0255 e. The largest absolute Gasteiger partial charge is 0.0622 e. The SMILES string of the molecule is C(#Cc1cccc(-c2ccc(-c3cccc(C#Cc4ccc(-c5ccccc5)cc4)c3)cc2)c1)c1ccc(-c2ccccc2)cc1. The van der Waals surface area contributed by atoms with Gasteiger partial charge in [-0.1, -0.05) is 157 Å². The molecule has 0 saturated carbocycles. The number of hydrogen-bond donors (Lipinski definition) is 0. The van der Waals surface area contributed by atoms with Crippen molar-refractivity contribution < 1.29 is 0 Å². The molecule has 7 aromatic carbocycles. The number of hydrogen-bond acceptors (Lipinski definition) is 0. The van der Waals surface area contributed by atoms with Gasteiger partial charge in [-0.3, -0.25) is 0 Å². The zero-order valence-electron chi connectivity index (χ0n) is 25.3. The average Bonchev–Trinajstić information content (AvgIpc) is 3.15. The Hall–Kier alpha value is -6.34. The van der Waals surface area contributed by atoms with Crippen LogP contribution in [0, 0.1) is 23.7 Å². The number of rotatable bonds is 4. The van der Waals surface area contributed by atoms with Crippen molar-refractivity contribution in [3.63, 3.8) is 0 Å². The van der Waals surface area contributed by atoms with E-state index in [1.807, 2.05) is 12.1 Å². The van der Waals surface area contributed by atoms with E-state index < -0.39 is 0 Å². The zero-order valence-corrected chi connectivity index (χ0v) is 25.3. The summed E-state index contributed by atoms with van der Waals surface area (Å²) < 4.78 is 0. The molecule has 0 heteroatoms. The topological polar surface area (TPSA) is 0 Å². The lowest BCUT2D eigenvalue weighted by Gasteiger charge is -2.06. The van der Waals surface area contributed by atoms with Gasteiger partial charge in [0, 0.05) is 22.3 Å². The molecule has 0 N–H and O–H groups in total. The molecule has 0 nitrogen and oxygen atoms in total. The summed E-state index contributed by atoms with van der Waals surface area (Å²) in [7, 11) is 0. The molecule has 46 heavy (non-hydrogen) atoms. The second kappa shape index (κ2) is 13.5. The van der Waals surface area contributed by atoms with Crippen LogP contribution in [0.3, 0.4) is 0 Å². The molecule has 0 amide bonds. The highest BCUT2D eigenvalue weighted by Crippen LogP contribution is 2.26. The van der Waals surface area contributed by atoms with Crippen LogP contribution in [0.2, 0.25) is 0 Å². The summed E-state index contributed by atoms with van der Waals surface area (Å²) in [4.78, 5) is 0. The van der Waals surface area contributed by atoms with E-state index in [-0.39, 0.29) is 0 Å². The summed E-state index contributed by atoms with van der Waals surface area (Å²) in [5.41, 5.74) is 13.4. The molecule has 7 aromatic rings. The molecule has 0 unspecified atom stereocenters. The third-order valence-electron chi connectivity index (χ3n) is 7.96. The Morgan fingerprint density at radius 2 is 0.478 bits per heavy atom. The highest BCUT2D eigenvalue weighted by atomic mass is 14.1. The predicted octanol–water partition coefficient (Wildman–Crippen LogP) is 11.2. The van der Waals surface area contributed by atoms with Crippen LogP contribution in [0.25, 0.3) is 44.5 Å². The Bertz CT molecular complexity index is 2040. The fourth-order valence-corrected chi connectivity index (χ4v) is 5.45. The van der Waals surface area contributed by atoms with Crippen molar-refractivity contribution >= 4 is 0 Å². The molecule has 0 saturated heterocycles. The van der Waals surface area contributed by atoms with Gasteiger partial charge < -0.3 is 0 Å². The minimum Gasteiger partial charge on any atom is -0.0622 e. The summed E-state index contributed by atoms with van der Waals surface area (Å²) in [6.07, 6.45) is 0. The lowest BCUT2D eigenvalue weighted by molar-refractivity contribution is 1.56. The van der Waals surface area contributed by atoms with E-state index in [9.17, 15) is 0 Å². The highest BCUT2D eigenvalue weighted by molar-refractivity contribution is 5.72. The van der Waals surface area contributed by atoms with Crippen molar-refractivity contribution in [1.29, 1.82) is 0 Å². The van der Waals surface area contributed by atoms with Crippen LogP contribution in [0.1, 0.15) is 22.3 Å². The van der Waals surface area contributed by atoms with Crippen molar-refractivity contribution in [2.45, 2.75) is 0 Å². The molecule has 0 aliphatic heterocycles. The van der Waals surface area contributed by atoms with E-state index in [4.69, 9.17) is 0 Å². The van der Waals surface area contributed by atoms with Crippen molar-refractivity contribution in [2.24, 2.45) is 0 Å². The van der Waals surface area contributed by atoms with E-state index in [0.29, 0.717) is 0 Å².